The maximum Gasteiger partial charge on any atom is 0.420 e. The van der Waals surface area contributed by atoms with Gasteiger partial charge in [0.25, 0.3) is 5.91 Å². The number of alkyl halides is 6. The van der Waals surface area contributed by atoms with Crippen LogP contribution in [-0.2, 0) is 23.8 Å². The monoisotopic (exact) mass is 640 g/mol. The molecule has 0 saturated carbocycles. The molecule has 0 fully saturated rings. The Morgan fingerprint density at radius 1 is 1.10 bits per heavy atom. The van der Waals surface area contributed by atoms with Gasteiger partial charge in [0.05, 0.1) is 6.54 Å². The number of aromatic nitrogens is 7. The van der Waals surface area contributed by atoms with E-state index in [4.69, 9.17) is 27.1 Å². The van der Waals surface area contributed by atoms with Crippen LogP contribution in [0.2, 0.25) is 5.02 Å². The topological polar surface area (TPSA) is 176 Å². The number of pyridine rings is 1. The van der Waals surface area contributed by atoms with Crippen LogP contribution in [0.25, 0.3) is 17.2 Å². The number of hydrogen-bond donors (Lipinski definition) is 3. The second-order valence-electron chi connectivity index (χ2n) is 8.27. The Morgan fingerprint density at radius 3 is 2.33 bits per heavy atom. The first kappa shape index (κ1) is 31.0. The van der Waals surface area contributed by atoms with Gasteiger partial charge < -0.3 is 15.5 Å². The molecule has 0 saturated heterocycles. The fourth-order valence-electron chi connectivity index (χ4n) is 3.65. The van der Waals surface area contributed by atoms with Crippen LogP contribution in [0, 0.1) is 0 Å². The van der Waals surface area contributed by atoms with Gasteiger partial charge in [0.2, 0.25) is 5.82 Å². The molecule has 0 bridgehead atoms. The third kappa shape index (κ3) is 6.76. The van der Waals surface area contributed by atoms with E-state index in [-0.39, 0.29) is 16.4 Å². The lowest BCUT2D eigenvalue weighted by Crippen LogP contribution is -2.38. The molecule has 21 heteroatoms. The van der Waals surface area contributed by atoms with Crippen LogP contribution in [-0.4, -0.2) is 62.1 Å². The van der Waals surface area contributed by atoms with Crippen LogP contribution in [0.3, 0.4) is 0 Å². The van der Waals surface area contributed by atoms with E-state index in [1.165, 1.54) is 24.3 Å². The number of amides is 1. The summed E-state index contributed by atoms with van der Waals surface area (Å²) in [4.78, 5) is 50.7. The van der Waals surface area contributed by atoms with Crippen LogP contribution in [0.5, 0.6) is 0 Å². The normalized spacial score (nSPS) is 13.1. The molecule has 4 N–H and O–H groups in total. The molecule has 224 valence electrons. The van der Waals surface area contributed by atoms with Gasteiger partial charge in [0, 0.05) is 16.8 Å². The van der Waals surface area contributed by atoms with E-state index in [2.05, 4.69) is 24.7 Å². The van der Waals surface area contributed by atoms with Crippen molar-refractivity contribution in [2.45, 2.75) is 31.5 Å². The van der Waals surface area contributed by atoms with Crippen molar-refractivity contribution < 1.29 is 45.4 Å². The minimum atomic E-state index is -5.15. The number of nitrogens with two attached hydrogens (primary N) is 1. The summed E-state index contributed by atoms with van der Waals surface area (Å²) in [7, 11) is -3.48. The summed E-state index contributed by atoms with van der Waals surface area (Å²) in [5.74, 6) is -3.78. The summed E-state index contributed by atoms with van der Waals surface area (Å²) in [6.07, 6.45) is -11.9. The van der Waals surface area contributed by atoms with Gasteiger partial charge in [0.15, 0.2) is 23.6 Å². The lowest BCUT2D eigenvalue weighted by Gasteiger charge is -2.21. The van der Waals surface area contributed by atoms with Crippen molar-refractivity contribution in [3.8, 4) is 17.2 Å². The van der Waals surface area contributed by atoms with E-state index in [0.29, 0.717) is 20.0 Å². The van der Waals surface area contributed by atoms with Gasteiger partial charge in [-0.1, -0.05) is 11.6 Å². The highest BCUT2D eigenvalue weighted by molar-refractivity contribution is 7.39. The SMILES string of the molecule is NC(=O)c1nc(Cn2nc(-c3ccc(Cl)cc3)n(CC(OP(O)O)C(F)(F)F)c2=O)nn1-c1ncccc1C(F)(F)F. The lowest BCUT2D eigenvalue weighted by atomic mass is 10.2. The second kappa shape index (κ2) is 11.8. The molecule has 1 unspecified atom stereocenters. The molecule has 0 aliphatic carbocycles. The number of benzene rings is 1. The Morgan fingerprint density at radius 2 is 1.76 bits per heavy atom. The Hall–Kier alpha value is -3.90. The van der Waals surface area contributed by atoms with Crippen molar-refractivity contribution in [3.05, 3.63) is 75.3 Å². The van der Waals surface area contributed by atoms with E-state index >= 15 is 0 Å². The van der Waals surface area contributed by atoms with E-state index < -0.39 is 74.8 Å². The summed E-state index contributed by atoms with van der Waals surface area (Å²) < 4.78 is 87.2. The molecule has 0 spiro atoms. The number of halogens is 7. The molecular formula is C21H16ClF6N8O5P. The summed E-state index contributed by atoms with van der Waals surface area (Å²) in [6, 6.07) is 7.04. The van der Waals surface area contributed by atoms with Crippen molar-refractivity contribution in [1.29, 1.82) is 0 Å². The first-order valence-corrected chi connectivity index (χ1v) is 12.7. The maximum absolute atomic E-state index is 13.6. The number of carbonyl (C=O) groups is 1. The molecular weight excluding hydrogens is 625 g/mol. The average molecular weight is 641 g/mol. The fourth-order valence-corrected chi connectivity index (χ4v) is 4.19. The molecule has 4 rings (SSSR count). The van der Waals surface area contributed by atoms with Gasteiger partial charge >= 0.3 is 26.6 Å². The zero-order chi connectivity index (χ0) is 31.0. The highest BCUT2D eigenvalue weighted by Gasteiger charge is 2.43. The molecule has 3 heterocycles. The highest BCUT2D eigenvalue weighted by Crippen LogP contribution is 2.36. The highest BCUT2D eigenvalue weighted by atomic mass is 35.5. The Labute approximate surface area is 235 Å². The fraction of sp³-hybridized carbons (Fsp3) is 0.238. The van der Waals surface area contributed by atoms with Gasteiger partial charge in [0.1, 0.15) is 12.1 Å². The number of carbonyl (C=O) groups excluding carboxylic acids is 1. The Kier molecular flexibility index (Phi) is 8.70. The van der Waals surface area contributed by atoms with Crippen molar-refractivity contribution in [3.63, 3.8) is 0 Å². The third-order valence-corrected chi connectivity index (χ3v) is 6.11. The third-order valence-electron chi connectivity index (χ3n) is 5.42. The molecule has 42 heavy (non-hydrogen) atoms. The molecule has 3 aromatic heterocycles. The van der Waals surface area contributed by atoms with Gasteiger partial charge in [-0.3, -0.25) is 13.9 Å². The first-order valence-electron chi connectivity index (χ1n) is 11.2. The van der Waals surface area contributed by atoms with Crippen LogP contribution in [0.1, 0.15) is 22.0 Å². The van der Waals surface area contributed by atoms with Crippen LogP contribution in [0.4, 0.5) is 26.3 Å². The number of rotatable bonds is 9. The predicted octanol–water partition coefficient (Wildman–Crippen LogP) is 2.67. The van der Waals surface area contributed by atoms with E-state index in [9.17, 15) is 35.9 Å². The smallest absolute Gasteiger partial charge is 0.363 e. The summed E-state index contributed by atoms with van der Waals surface area (Å²) >= 11 is 5.87. The number of nitrogens with zero attached hydrogens (tertiary/aromatic N) is 7. The van der Waals surface area contributed by atoms with Crippen LogP contribution in [0.15, 0.2) is 47.4 Å². The van der Waals surface area contributed by atoms with Crippen molar-refractivity contribution >= 4 is 26.1 Å². The Bertz CT molecular complexity index is 1650. The minimum absolute atomic E-state index is 0.103. The molecule has 0 radical (unpaired) electrons. The minimum Gasteiger partial charge on any atom is -0.363 e. The summed E-state index contributed by atoms with van der Waals surface area (Å²) in [5.41, 5.74) is 2.88. The molecule has 4 aromatic rings. The standard InChI is InChI=1S/C21H16ClF6N8O5P/c22-11-5-3-10(4-6-11)16-33-35(19(38)34(16)8-13(21(26,27)28)41-42(39)40)9-14-31-18(15(29)37)36(32-14)17-12(20(23,24)25)2-1-7-30-17/h1-7,13,39-40H,8-9H2,(H2,29,37). The summed E-state index contributed by atoms with van der Waals surface area (Å²) in [5, 5.41) is 8.08. The second-order valence-corrected chi connectivity index (χ2v) is 9.42. The van der Waals surface area contributed by atoms with Gasteiger partial charge in [-0.25, -0.2) is 19.4 Å². The zero-order valence-corrected chi connectivity index (χ0v) is 22.1. The predicted molar refractivity (Wildman–Crippen MR) is 131 cm³/mol. The van der Waals surface area contributed by atoms with Gasteiger partial charge in [-0.2, -0.15) is 31.0 Å². The van der Waals surface area contributed by atoms with E-state index in [1.807, 2.05) is 0 Å². The van der Waals surface area contributed by atoms with Gasteiger partial charge in [-0.05, 0) is 36.4 Å². The number of hydrogen-bond acceptors (Lipinski definition) is 9. The zero-order valence-electron chi connectivity index (χ0n) is 20.5. The first-order chi connectivity index (χ1) is 19.6. The van der Waals surface area contributed by atoms with Crippen molar-refractivity contribution in [1.82, 2.24) is 34.1 Å². The average Bonchev–Trinajstić information content (AvgIpc) is 3.45. The number of primary amides is 1. The Balaban J connectivity index is 1.82. The van der Waals surface area contributed by atoms with Gasteiger partial charge in [-0.15, -0.1) is 10.2 Å². The molecule has 1 aromatic carbocycles. The van der Waals surface area contributed by atoms with E-state index in [0.717, 1.165) is 12.3 Å². The summed E-state index contributed by atoms with van der Waals surface area (Å²) in [6.45, 7) is -2.03. The molecule has 13 nitrogen and oxygen atoms in total. The van der Waals surface area contributed by atoms with Crippen molar-refractivity contribution in [2.24, 2.45) is 5.73 Å². The molecule has 1 amide bonds. The van der Waals surface area contributed by atoms with E-state index in [1.54, 1.807) is 0 Å². The molecule has 0 aliphatic rings. The molecule has 1 atom stereocenters. The molecule has 0 aliphatic heterocycles. The van der Waals surface area contributed by atoms with Crippen LogP contribution < -0.4 is 11.4 Å². The van der Waals surface area contributed by atoms with Crippen molar-refractivity contribution in [2.75, 3.05) is 0 Å². The largest absolute Gasteiger partial charge is 0.420 e. The van der Waals surface area contributed by atoms with Crippen LogP contribution >= 0.6 is 20.2 Å². The quantitative estimate of drug-likeness (QED) is 0.183. The lowest BCUT2D eigenvalue weighted by molar-refractivity contribution is -0.200. The maximum atomic E-state index is 13.6.